The van der Waals surface area contributed by atoms with Gasteiger partial charge < -0.3 is 9.64 Å². The highest BCUT2D eigenvalue weighted by Gasteiger charge is 2.26. The number of hydrogen-bond donors (Lipinski definition) is 1. The maximum atomic E-state index is 14.0. The molecular formula is C21H20FN3O4S2. The van der Waals surface area contributed by atoms with Crippen molar-refractivity contribution in [3.8, 4) is 17.0 Å². The molecule has 0 saturated heterocycles. The van der Waals surface area contributed by atoms with Crippen molar-refractivity contribution in [2.75, 3.05) is 22.8 Å². The first-order valence-corrected chi connectivity index (χ1v) is 12.0. The summed E-state index contributed by atoms with van der Waals surface area (Å²) in [6.07, 6.45) is 0.799. The van der Waals surface area contributed by atoms with E-state index in [-0.39, 0.29) is 17.6 Å². The number of hydrogen-bond acceptors (Lipinski definition) is 6. The van der Waals surface area contributed by atoms with Gasteiger partial charge in [0.15, 0.2) is 11.7 Å². The zero-order valence-corrected chi connectivity index (χ0v) is 18.5. The molecule has 1 aliphatic rings. The van der Waals surface area contributed by atoms with Crippen molar-refractivity contribution >= 4 is 38.1 Å². The van der Waals surface area contributed by atoms with Crippen LogP contribution in [0.1, 0.15) is 18.9 Å². The Kier molecular flexibility index (Phi) is 5.67. The molecule has 4 rings (SSSR count). The van der Waals surface area contributed by atoms with Crippen LogP contribution in [0.2, 0.25) is 0 Å². The summed E-state index contributed by atoms with van der Waals surface area (Å²) in [5.41, 5.74) is 2.53. The van der Waals surface area contributed by atoms with Crippen LogP contribution in [-0.4, -0.2) is 32.5 Å². The number of amides is 1. The largest absolute Gasteiger partial charge is 0.482 e. The van der Waals surface area contributed by atoms with E-state index in [1.54, 1.807) is 35.4 Å². The van der Waals surface area contributed by atoms with Crippen LogP contribution in [0, 0.1) is 12.7 Å². The molecule has 1 amide bonds. The lowest BCUT2D eigenvalue weighted by Gasteiger charge is -2.29. The number of benzene rings is 2. The summed E-state index contributed by atoms with van der Waals surface area (Å²) in [6, 6.07) is 9.26. The molecule has 0 saturated carbocycles. The molecule has 7 nitrogen and oxygen atoms in total. The minimum atomic E-state index is -4.12. The molecule has 1 aliphatic heterocycles. The lowest BCUT2D eigenvalue weighted by Crippen LogP contribution is -2.39. The Morgan fingerprint density at radius 1 is 1.26 bits per heavy atom. The van der Waals surface area contributed by atoms with Gasteiger partial charge in [0.2, 0.25) is 0 Å². The Morgan fingerprint density at radius 3 is 2.84 bits per heavy atom. The lowest BCUT2D eigenvalue weighted by molar-refractivity contribution is -0.121. The summed E-state index contributed by atoms with van der Waals surface area (Å²) < 4.78 is 47.1. The minimum Gasteiger partial charge on any atom is -0.482 e. The Balaban J connectivity index is 1.62. The molecule has 0 atom stereocenters. The van der Waals surface area contributed by atoms with E-state index < -0.39 is 20.7 Å². The zero-order chi connectivity index (χ0) is 22.2. The van der Waals surface area contributed by atoms with Crippen LogP contribution in [0.25, 0.3) is 11.3 Å². The Bertz CT molecular complexity index is 1260. The second-order valence-electron chi connectivity index (χ2n) is 7.09. The number of anilines is 2. The quantitative estimate of drug-likeness (QED) is 0.595. The third-order valence-corrected chi connectivity index (χ3v) is 6.99. The van der Waals surface area contributed by atoms with Crippen molar-refractivity contribution in [2.24, 2.45) is 0 Å². The van der Waals surface area contributed by atoms with Gasteiger partial charge in [-0.3, -0.25) is 9.52 Å². The molecule has 0 aliphatic carbocycles. The maximum absolute atomic E-state index is 14.0. The minimum absolute atomic E-state index is 0.00446. The number of nitrogens with zero attached hydrogens (tertiary/aromatic N) is 2. The fourth-order valence-corrected chi connectivity index (χ4v) is 5.41. The smallest absolute Gasteiger partial charge is 0.266 e. The first-order valence-electron chi connectivity index (χ1n) is 9.60. The predicted octanol–water partition coefficient (Wildman–Crippen LogP) is 4.19. The molecular weight excluding hydrogens is 441 g/mol. The van der Waals surface area contributed by atoms with Crippen molar-refractivity contribution in [3.05, 3.63) is 53.2 Å². The highest BCUT2D eigenvalue weighted by Crippen LogP contribution is 2.37. The fourth-order valence-electron chi connectivity index (χ4n) is 3.27. The Hall–Kier alpha value is -2.98. The molecule has 10 heteroatoms. The SMILES string of the molecule is CCCN1C(=O)COc2ccc(-c3csc(NS(=O)(=O)c4cc(C)ccc4F)n3)cc21. The van der Waals surface area contributed by atoms with Gasteiger partial charge in [0, 0.05) is 17.5 Å². The molecule has 3 aromatic rings. The second-order valence-corrected chi connectivity index (χ2v) is 9.60. The van der Waals surface area contributed by atoms with Gasteiger partial charge in [-0.1, -0.05) is 13.0 Å². The van der Waals surface area contributed by atoms with Crippen molar-refractivity contribution in [3.63, 3.8) is 0 Å². The van der Waals surface area contributed by atoms with Crippen LogP contribution < -0.4 is 14.4 Å². The summed E-state index contributed by atoms with van der Waals surface area (Å²) in [5.74, 6) is -0.327. The van der Waals surface area contributed by atoms with Gasteiger partial charge in [0.05, 0.1) is 11.4 Å². The summed E-state index contributed by atoms with van der Waals surface area (Å²) in [4.78, 5) is 17.8. The molecule has 0 bridgehead atoms. The summed E-state index contributed by atoms with van der Waals surface area (Å²) >= 11 is 1.09. The number of carbonyl (C=O) groups excluding carboxylic acids is 1. The van der Waals surface area contributed by atoms with E-state index in [4.69, 9.17) is 4.74 Å². The van der Waals surface area contributed by atoms with E-state index in [0.717, 1.165) is 23.8 Å². The average Bonchev–Trinajstić information content (AvgIpc) is 3.19. The Morgan fingerprint density at radius 2 is 2.06 bits per heavy atom. The number of thiazole rings is 1. The van der Waals surface area contributed by atoms with Crippen LogP contribution in [0.3, 0.4) is 0 Å². The highest BCUT2D eigenvalue weighted by atomic mass is 32.2. The van der Waals surface area contributed by atoms with Crippen molar-refractivity contribution in [1.29, 1.82) is 0 Å². The number of aromatic nitrogens is 1. The van der Waals surface area contributed by atoms with E-state index in [1.165, 1.54) is 12.1 Å². The van der Waals surface area contributed by atoms with Gasteiger partial charge in [-0.05, 0) is 49.2 Å². The highest BCUT2D eigenvalue weighted by molar-refractivity contribution is 7.93. The van der Waals surface area contributed by atoms with Crippen LogP contribution in [-0.2, 0) is 14.8 Å². The molecule has 2 heterocycles. The third kappa shape index (κ3) is 4.26. The van der Waals surface area contributed by atoms with Crippen LogP contribution in [0.5, 0.6) is 5.75 Å². The van der Waals surface area contributed by atoms with Crippen molar-refractivity contribution in [2.45, 2.75) is 25.2 Å². The number of ether oxygens (including phenoxy) is 1. The molecule has 0 spiro atoms. The van der Waals surface area contributed by atoms with Crippen LogP contribution >= 0.6 is 11.3 Å². The molecule has 0 fully saturated rings. The summed E-state index contributed by atoms with van der Waals surface area (Å²) in [6.45, 7) is 4.25. The summed E-state index contributed by atoms with van der Waals surface area (Å²) in [7, 11) is -4.12. The number of fused-ring (bicyclic) bond motifs is 1. The van der Waals surface area contributed by atoms with Gasteiger partial charge in [0.25, 0.3) is 15.9 Å². The first-order chi connectivity index (χ1) is 14.8. The molecule has 1 aromatic heterocycles. The topological polar surface area (TPSA) is 88.6 Å². The average molecular weight is 462 g/mol. The van der Waals surface area contributed by atoms with Crippen molar-refractivity contribution in [1.82, 2.24) is 4.98 Å². The van der Waals surface area contributed by atoms with E-state index in [0.29, 0.717) is 34.8 Å². The molecule has 31 heavy (non-hydrogen) atoms. The molecule has 0 radical (unpaired) electrons. The lowest BCUT2D eigenvalue weighted by atomic mass is 10.1. The molecule has 1 N–H and O–H groups in total. The van der Waals surface area contributed by atoms with Crippen LogP contribution in [0.15, 0.2) is 46.7 Å². The Labute approximate surface area is 183 Å². The van der Waals surface area contributed by atoms with Gasteiger partial charge >= 0.3 is 0 Å². The zero-order valence-electron chi connectivity index (χ0n) is 16.9. The fraction of sp³-hybridized carbons (Fsp3) is 0.238. The monoisotopic (exact) mass is 461 g/mol. The third-order valence-electron chi connectivity index (χ3n) is 4.75. The van der Waals surface area contributed by atoms with Gasteiger partial charge in [-0.25, -0.2) is 17.8 Å². The van der Waals surface area contributed by atoms with E-state index in [9.17, 15) is 17.6 Å². The second kappa shape index (κ2) is 8.27. The number of rotatable bonds is 6. The predicted molar refractivity (Wildman–Crippen MR) is 118 cm³/mol. The van der Waals surface area contributed by atoms with Crippen molar-refractivity contribution < 1.29 is 22.3 Å². The van der Waals surface area contributed by atoms with E-state index in [1.807, 2.05) is 6.92 Å². The maximum Gasteiger partial charge on any atom is 0.266 e. The first kappa shape index (κ1) is 21.3. The number of carbonyl (C=O) groups is 1. The molecule has 162 valence electrons. The van der Waals surface area contributed by atoms with Crippen LogP contribution in [0.4, 0.5) is 15.2 Å². The molecule has 0 unspecified atom stereocenters. The number of halogens is 1. The standard InChI is InChI=1S/C21H20FN3O4S2/c1-3-8-25-17-10-14(5-7-18(17)29-11-20(25)26)16-12-30-21(23-16)24-31(27,28)19-9-13(2)4-6-15(19)22/h4-7,9-10,12H,3,8,11H2,1-2H3,(H,23,24). The number of aryl methyl sites for hydroxylation is 1. The summed E-state index contributed by atoms with van der Waals surface area (Å²) in [5, 5.41) is 1.81. The number of nitrogens with one attached hydrogen (secondary N) is 1. The molecule has 2 aromatic carbocycles. The van der Waals surface area contributed by atoms with Gasteiger partial charge in [-0.2, -0.15) is 0 Å². The van der Waals surface area contributed by atoms with E-state index >= 15 is 0 Å². The normalized spacial score (nSPS) is 13.6. The van der Waals surface area contributed by atoms with E-state index in [2.05, 4.69) is 9.71 Å². The van der Waals surface area contributed by atoms with Gasteiger partial charge in [0.1, 0.15) is 16.5 Å². The number of sulfonamides is 1. The van der Waals surface area contributed by atoms with Gasteiger partial charge in [-0.15, -0.1) is 11.3 Å².